The molecule has 1 aliphatic heterocycles. The highest BCUT2D eigenvalue weighted by Gasteiger charge is 2.13. The third kappa shape index (κ3) is 2.99. The molecule has 7 heteroatoms. The second-order valence-corrected chi connectivity index (χ2v) is 5.42. The number of nitrogen functional groups attached to an aromatic ring is 1. The third-order valence-electron chi connectivity index (χ3n) is 3.81. The summed E-state index contributed by atoms with van der Waals surface area (Å²) in [5.41, 5.74) is 8.99. The largest absolute Gasteiger partial charge is 0.495 e. The molecule has 3 aromatic rings. The lowest BCUT2D eigenvalue weighted by atomic mass is 10.1. The van der Waals surface area contributed by atoms with Gasteiger partial charge in [0.1, 0.15) is 5.75 Å². The zero-order valence-electron chi connectivity index (χ0n) is 13.5. The van der Waals surface area contributed by atoms with Crippen LogP contribution in [0.4, 0.5) is 17.3 Å². The maximum absolute atomic E-state index is 5.97. The lowest BCUT2D eigenvalue weighted by molar-refractivity contribution is 0.174. The molecule has 0 unspecified atom stereocenters. The molecular formula is C18H16N4O3. The van der Waals surface area contributed by atoms with E-state index in [1.807, 2.05) is 42.5 Å². The normalized spacial score (nSPS) is 12.0. The van der Waals surface area contributed by atoms with Gasteiger partial charge < -0.3 is 25.3 Å². The first-order valence-corrected chi connectivity index (χ1v) is 7.66. The van der Waals surface area contributed by atoms with Crippen LogP contribution in [0.3, 0.4) is 0 Å². The molecule has 2 aromatic carbocycles. The summed E-state index contributed by atoms with van der Waals surface area (Å²) >= 11 is 0. The topological polar surface area (TPSA) is 91.5 Å². The Bertz CT molecular complexity index is 930. The zero-order chi connectivity index (χ0) is 17.2. The van der Waals surface area contributed by atoms with Gasteiger partial charge in [-0.2, -0.15) is 0 Å². The third-order valence-corrected chi connectivity index (χ3v) is 3.81. The van der Waals surface area contributed by atoms with Gasteiger partial charge in [-0.1, -0.05) is 0 Å². The summed E-state index contributed by atoms with van der Waals surface area (Å²) < 4.78 is 15.9. The van der Waals surface area contributed by atoms with Gasteiger partial charge in [0.05, 0.1) is 18.5 Å². The minimum atomic E-state index is 0.240. The molecule has 25 heavy (non-hydrogen) atoms. The Labute approximate surface area is 144 Å². The number of aromatic nitrogens is 2. The highest BCUT2D eigenvalue weighted by molar-refractivity contribution is 5.69. The molecule has 3 N–H and O–H groups in total. The van der Waals surface area contributed by atoms with Crippen LogP contribution in [0.1, 0.15) is 0 Å². The Morgan fingerprint density at radius 1 is 1.08 bits per heavy atom. The average Bonchev–Trinajstić information content (AvgIpc) is 3.09. The fourth-order valence-electron chi connectivity index (χ4n) is 2.58. The van der Waals surface area contributed by atoms with Gasteiger partial charge in [0.25, 0.3) is 0 Å². The van der Waals surface area contributed by atoms with Crippen molar-refractivity contribution >= 4 is 17.3 Å². The summed E-state index contributed by atoms with van der Waals surface area (Å²) in [6, 6.07) is 13.0. The van der Waals surface area contributed by atoms with Crippen LogP contribution >= 0.6 is 0 Å². The maximum Gasteiger partial charge on any atom is 0.231 e. The molecule has 0 fully saturated rings. The molecule has 7 nitrogen and oxygen atoms in total. The first kappa shape index (κ1) is 15.1. The van der Waals surface area contributed by atoms with E-state index in [1.54, 1.807) is 13.3 Å². The van der Waals surface area contributed by atoms with E-state index in [0.29, 0.717) is 23.1 Å². The monoisotopic (exact) mass is 336 g/mol. The van der Waals surface area contributed by atoms with Crippen molar-refractivity contribution in [1.29, 1.82) is 0 Å². The summed E-state index contributed by atoms with van der Waals surface area (Å²) in [7, 11) is 1.59. The number of methoxy groups -OCH3 is 1. The zero-order valence-corrected chi connectivity index (χ0v) is 13.5. The molecule has 1 aromatic heterocycles. The number of nitrogens with two attached hydrogens (primary N) is 1. The Hall–Kier alpha value is -3.48. The van der Waals surface area contributed by atoms with E-state index >= 15 is 0 Å². The van der Waals surface area contributed by atoms with Crippen LogP contribution in [0, 0.1) is 0 Å². The van der Waals surface area contributed by atoms with Gasteiger partial charge in [-0.15, -0.1) is 0 Å². The molecule has 0 spiro atoms. The molecule has 2 heterocycles. The average molecular weight is 336 g/mol. The smallest absolute Gasteiger partial charge is 0.231 e. The number of hydrogen-bond donors (Lipinski definition) is 2. The van der Waals surface area contributed by atoms with Crippen molar-refractivity contribution in [3.63, 3.8) is 0 Å². The predicted octanol–water partition coefficient (Wildman–Crippen LogP) is 3.21. The van der Waals surface area contributed by atoms with Gasteiger partial charge in [-0.05, 0) is 36.4 Å². The lowest BCUT2D eigenvalue weighted by Crippen LogP contribution is -1.98. The van der Waals surface area contributed by atoms with Crippen molar-refractivity contribution in [2.45, 2.75) is 0 Å². The second kappa shape index (κ2) is 6.20. The van der Waals surface area contributed by atoms with E-state index in [2.05, 4.69) is 15.3 Å². The molecule has 0 amide bonds. The van der Waals surface area contributed by atoms with E-state index in [1.165, 1.54) is 0 Å². The Morgan fingerprint density at radius 2 is 1.96 bits per heavy atom. The molecule has 0 saturated heterocycles. The lowest BCUT2D eigenvalue weighted by Gasteiger charge is -2.09. The minimum absolute atomic E-state index is 0.240. The van der Waals surface area contributed by atoms with Crippen molar-refractivity contribution in [3.8, 4) is 28.5 Å². The number of anilines is 3. The predicted molar refractivity (Wildman–Crippen MR) is 94.3 cm³/mol. The number of rotatable bonds is 4. The SMILES string of the molecule is COc1ccc(-c2ccnc(Nc3ccc4c(c3)OCO4)n2)cc1N. The number of ether oxygens (including phenoxy) is 3. The summed E-state index contributed by atoms with van der Waals surface area (Å²) in [6.07, 6.45) is 1.69. The fraction of sp³-hybridized carbons (Fsp3) is 0.111. The van der Waals surface area contributed by atoms with E-state index in [-0.39, 0.29) is 6.79 Å². The molecule has 0 saturated carbocycles. The van der Waals surface area contributed by atoms with Crippen molar-refractivity contribution in [1.82, 2.24) is 9.97 Å². The van der Waals surface area contributed by atoms with Gasteiger partial charge in [0.2, 0.25) is 12.7 Å². The number of nitrogens with one attached hydrogen (secondary N) is 1. The quantitative estimate of drug-likeness (QED) is 0.707. The van der Waals surface area contributed by atoms with Gasteiger partial charge in [-0.3, -0.25) is 0 Å². The number of fused-ring (bicyclic) bond motifs is 1. The van der Waals surface area contributed by atoms with Crippen molar-refractivity contribution in [2.75, 3.05) is 25.0 Å². The fourth-order valence-corrected chi connectivity index (χ4v) is 2.58. The van der Waals surface area contributed by atoms with E-state index < -0.39 is 0 Å². The van der Waals surface area contributed by atoms with Gasteiger partial charge in [0.15, 0.2) is 11.5 Å². The first-order valence-electron chi connectivity index (χ1n) is 7.66. The van der Waals surface area contributed by atoms with Crippen molar-refractivity contribution in [3.05, 3.63) is 48.7 Å². The molecular weight excluding hydrogens is 320 g/mol. The van der Waals surface area contributed by atoms with Crippen LogP contribution in [0.5, 0.6) is 17.2 Å². The molecule has 0 aliphatic carbocycles. The van der Waals surface area contributed by atoms with E-state index in [4.69, 9.17) is 19.9 Å². The van der Waals surface area contributed by atoms with Crippen LogP contribution < -0.4 is 25.3 Å². The Morgan fingerprint density at radius 3 is 2.80 bits per heavy atom. The molecule has 0 bridgehead atoms. The van der Waals surface area contributed by atoms with Crippen LogP contribution in [-0.2, 0) is 0 Å². The van der Waals surface area contributed by atoms with Gasteiger partial charge in [-0.25, -0.2) is 9.97 Å². The summed E-state index contributed by atoms with van der Waals surface area (Å²) in [5, 5.41) is 3.17. The summed E-state index contributed by atoms with van der Waals surface area (Å²) in [5.74, 6) is 2.54. The highest BCUT2D eigenvalue weighted by Crippen LogP contribution is 2.35. The van der Waals surface area contributed by atoms with Crippen LogP contribution in [0.15, 0.2) is 48.7 Å². The first-order chi connectivity index (χ1) is 12.2. The number of nitrogens with zero attached hydrogens (tertiary/aromatic N) is 2. The van der Waals surface area contributed by atoms with Crippen LogP contribution in [0.25, 0.3) is 11.3 Å². The van der Waals surface area contributed by atoms with Crippen LogP contribution in [-0.4, -0.2) is 23.9 Å². The van der Waals surface area contributed by atoms with Crippen molar-refractivity contribution < 1.29 is 14.2 Å². The second-order valence-electron chi connectivity index (χ2n) is 5.42. The summed E-state index contributed by atoms with van der Waals surface area (Å²) in [4.78, 5) is 8.80. The van der Waals surface area contributed by atoms with E-state index in [9.17, 15) is 0 Å². The molecule has 4 rings (SSSR count). The molecule has 0 radical (unpaired) electrons. The number of hydrogen-bond acceptors (Lipinski definition) is 7. The Kier molecular flexibility index (Phi) is 3.74. The summed E-state index contributed by atoms with van der Waals surface area (Å²) in [6.45, 7) is 0.240. The van der Waals surface area contributed by atoms with E-state index in [0.717, 1.165) is 22.7 Å². The molecule has 126 valence electrons. The highest BCUT2D eigenvalue weighted by atomic mass is 16.7. The minimum Gasteiger partial charge on any atom is -0.495 e. The van der Waals surface area contributed by atoms with Gasteiger partial charge >= 0.3 is 0 Å². The Balaban J connectivity index is 1.60. The standard InChI is InChI=1S/C18H16N4O3/c1-23-15-4-2-11(8-13(15)19)14-6-7-20-18(22-14)21-12-3-5-16-17(9-12)25-10-24-16/h2-9H,10,19H2,1H3,(H,20,21,22). The number of benzene rings is 2. The maximum atomic E-state index is 5.97. The van der Waals surface area contributed by atoms with Gasteiger partial charge in [0, 0.05) is 23.5 Å². The molecule has 1 aliphatic rings. The van der Waals surface area contributed by atoms with Crippen LogP contribution in [0.2, 0.25) is 0 Å². The van der Waals surface area contributed by atoms with Crippen molar-refractivity contribution in [2.24, 2.45) is 0 Å². The molecule has 0 atom stereocenters.